The van der Waals surface area contributed by atoms with E-state index in [2.05, 4.69) is 61.9 Å². The normalized spacial score (nSPS) is 22.9. The van der Waals surface area contributed by atoms with Crippen LogP contribution in [0.15, 0.2) is 36.4 Å². The number of anilines is 2. The summed E-state index contributed by atoms with van der Waals surface area (Å²) in [5.41, 5.74) is 4.57. The van der Waals surface area contributed by atoms with Gasteiger partial charge in [0.05, 0.1) is 16.8 Å². The fourth-order valence-corrected chi connectivity index (χ4v) is 6.33. The van der Waals surface area contributed by atoms with Crippen LogP contribution >= 0.6 is 0 Å². The molecule has 3 aromatic rings. The first-order chi connectivity index (χ1) is 18.5. The molecular weight excluding hydrogens is 476 g/mol. The molecule has 0 amide bonds. The lowest BCUT2D eigenvalue weighted by molar-refractivity contribution is 0.0312. The Morgan fingerprint density at radius 2 is 1.82 bits per heavy atom. The Morgan fingerprint density at radius 1 is 0.974 bits per heavy atom. The van der Waals surface area contributed by atoms with Gasteiger partial charge in [-0.05, 0) is 43.7 Å². The minimum atomic E-state index is -0.0582. The van der Waals surface area contributed by atoms with Crippen molar-refractivity contribution in [1.29, 1.82) is 5.26 Å². The fraction of sp³-hybridized carbons (Fsp3) is 0.483. The van der Waals surface area contributed by atoms with Crippen molar-refractivity contribution < 1.29 is 5.11 Å². The van der Waals surface area contributed by atoms with Gasteiger partial charge in [-0.1, -0.05) is 6.07 Å². The predicted molar refractivity (Wildman–Crippen MR) is 150 cm³/mol. The number of pyridine rings is 2. The third kappa shape index (κ3) is 4.75. The van der Waals surface area contributed by atoms with Crippen molar-refractivity contribution in [3.63, 3.8) is 0 Å². The van der Waals surface area contributed by atoms with Crippen LogP contribution in [0.3, 0.4) is 0 Å². The molecule has 0 aliphatic carbocycles. The second-order valence-corrected chi connectivity index (χ2v) is 10.9. The highest BCUT2D eigenvalue weighted by atomic mass is 16.3. The predicted octanol–water partition coefficient (Wildman–Crippen LogP) is 2.32. The maximum atomic E-state index is 9.95. The fourth-order valence-electron chi connectivity index (χ4n) is 6.33. The van der Waals surface area contributed by atoms with Gasteiger partial charge < -0.3 is 20.2 Å². The number of nitrogens with zero attached hydrogens (tertiary/aromatic N) is 7. The van der Waals surface area contributed by atoms with Gasteiger partial charge in [0.25, 0.3) is 0 Å². The standard InChI is InChI=1S/C29H36N8O/c1-20-3-7-27(35-11-9-31-10-12-35)32-25(20)19-34-13-14-37-21(2)16-36(18-23(37)17-34)26-6-4-22(15-30)29-24(26)5-8-28(38)33-29/h3-8,21,23,31H,9-14,16-19H2,1-2H3,(H,33,38). The molecule has 2 unspecified atom stereocenters. The maximum Gasteiger partial charge on any atom is 0.211 e. The van der Waals surface area contributed by atoms with Crippen molar-refractivity contribution >= 4 is 22.4 Å². The molecule has 0 spiro atoms. The molecule has 3 saturated heterocycles. The molecule has 38 heavy (non-hydrogen) atoms. The first kappa shape index (κ1) is 24.9. The highest BCUT2D eigenvalue weighted by molar-refractivity contribution is 5.95. The van der Waals surface area contributed by atoms with Gasteiger partial charge in [-0.2, -0.15) is 5.26 Å². The Hall–Kier alpha value is -3.45. The van der Waals surface area contributed by atoms with E-state index in [1.807, 2.05) is 18.2 Å². The maximum absolute atomic E-state index is 9.95. The van der Waals surface area contributed by atoms with E-state index in [9.17, 15) is 10.4 Å². The number of hydrogen-bond donors (Lipinski definition) is 2. The molecule has 3 fully saturated rings. The van der Waals surface area contributed by atoms with Crippen LogP contribution < -0.4 is 15.1 Å². The number of nitrogens with one attached hydrogen (secondary N) is 1. The van der Waals surface area contributed by atoms with E-state index in [0.717, 1.165) is 82.3 Å². The van der Waals surface area contributed by atoms with Crippen LogP contribution in [0.4, 0.5) is 11.5 Å². The van der Waals surface area contributed by atoms with E-state index in [1.54, 1.807) is 6.07 Å². The van der Waals surface area contributed by atoms with Crippen molar-refractivity contribution in [1.82, 2.24) is 25.1 Å². The molecule has 1 aromatic carbocycles. The van der Waals surface area contributed by atoms with Gasteiger partial charge in [-0.15, -0.1) is 0 Å². The third-order valence-corrected chi connectivity index (χ3v) is 8.38. The summed E-state index contributed by atoms with van der Waals surface area (Å²) in [4.78, 5) is 19.4. The lowest BCUT2D eigenvalue weighted by Gasteiger charge is -2.51. The zero-order valence-corrected chi connectivity index (χ0v) is 22.3. The molecule has 9 nitrogen and oxygen atoms in total. The number of rotatable bonds is 4. The largest absolute Gasteiger partial charge is 0.493 e. The Balaban J connectivity index is 1.21. The molecule has 2 atom stereocenters. The van der Waals surface area contributed by atoms with Crippen LogP contribution in [0.25, 0.3) is 10.9 Å². The quantitative estimate of drug-likeness (QED) is 0.546. The topological polar surface area (TPSA) is 94.8 Å². The molecular formula is C29H36N8O. The molecule has 2 N–H and O–H groups in total. The van der Waals surface area contributed by atoms with Crippen LogP contribution in [-0.4, -0.2) is 95.9 Å². The molecule has 3 aliphatic heterocycles. The Morgan fingerprint density at radius 3 is 2.63 bits per heavy atom. The summed E-state index contributed by atoms with van der Waals surface area (Å²) >= 11 is 0. The van der Waals surface area contributed by atoms with Crippen molar-refractivity contribution in [2.24, 2.45) is 0 Å². The molecule has 198 valence electrons. The Bertz CT molecular complexity index is 1360. The van der Waals surface area contributed by atoms with Crippen LogP contribution in [0.1, 0.15) is 23.7 Å². The summed E-state index contributed by atoms with van der Waals surface area (Å²) in [5, 5.41) is 23.9. The van der Waals surface area contributed by atoms with Gasteiger partial charge in [-0.25, -0.2) is 9.97 Å². The monoisotopic (exact) mass is 512 g/mol. The molecule has 6 rings (SSSR count). The zero-order chi connectivity index (χ0) is 26.2. The van der Waals surface area contributed by atoms with Crippen molar-refractivity contribution in [2.45, 2.75) is 32.5 Å². The van der Waals surface area contributed by atoms with Crippen LogP contribution in [-0.2, 0) is 6.54 Å². The number of piperazine rings is 3. The Labute approximate surface area is 224 Å². The summed E-state index contributed by atoms with van der Waals surface area (Å²) in [6.45, 7) is 14.3. The second-order valence-electron chi connectivity index (χ2n) is 10.9. The minimum Gasteiger partial charge on any atom is -0.493 e. The summed E-state index contributed by atoms with van der Waals surface area (Å²) < 4.78 is 0. The van der Waals surface area contributed by atoms with E-state index >= 15 is 0 Å². The van der Waals surface area contributed by atoms with E-state index in [4.69, 9.17) is 4.98 Å². The van der Waals surface area contributed by atoms with Gasteiger partial charge in [0.1, 0.15) is 11.9 Å². The summed E-state index contributed by atoms with van der Waals surface area (Å²) in [5.74, 6) is 1.03. The number of fused-ring (bicyclic) bond motifs is 2. The summed E-state index contributed by atoms with van der Waals surface area (Å²) in [7, 11) is 0. The van der Waals surface area contributed by atoms with E-state index < -0.39 is 0 Å². The first-order valence-corrected chi connectivity index (χ1v) is 13.7. The number of nitriles is 1. The second kappa shape index (κ2) is 10.4. The van der Waals surface area contributed by atoms with Gasteiger partial charge in [0, 0.05) is 94.7 Å². The SMILES string of the molecule is Cc1ccc(N2CCNCC2)nc1CN1CCN2C(C)CN(c3ccc(C#N)c4nc(O)ccc34)CC2C1. The third-order valence-electron chi connectivity index (χ3n) is 8.38. The molecule has 0 bridgehead atoms. The van der Waals surface area contributed by atoms with Gasteiger partial charge >= 0.3 is 0 Å². The number of aromatic hydroxyl groups is 1. The average molecular weight is 513 g/mol. The average Bonchev–Trinajstić information content (AvgIpc) is 2.94. The van der Waals surface area contributed by atoms with Crippen molar-refractivity contribution in [2.75, 3.05) is 68.7 Å². The molecule has 5 heterocycles. The summed E-state index contributed by atoms with van der Waals surface area (Å²) in [6, 6.07) is 14.8. The molecule has 0 saturated carbocycles. The molecule has 0 radical (unpaired) electrons. The Kier molecular flexibility index (Phi) is 6.78. The van der Waals surface area contributed by atoms with Gasteiger partial charge in [0.2, 0.25) is 5.88 Å². The molecule has 3 aliphatic rings. The van der Waals surface area contributed by atoms with Crippen LogP contribution in [0.2, 0.25) is 0 Å². The first-order valence-electron chi connectivity index (χ1n) is 13.7. The van der Waals surface area contributed by atoms with E-state index in [1.165, 1.54) is 11.3 Å². The van der Waals surface area contributed by atoms with Crippen LogP contribution in [0.5, 0.6) is 5.88 Å². The zero-order valence-electron chi connectivity index (χ0n) is 22.3. The molecule has 2 aromatic heterocycles. The smallest absolute Gasteiger partial charge is 0.211 e. The minimum absolute atomic E-state index is 0.0582. The number of aromatic nitrogens is 2. The van der Waals surface area contributed by atoms with Gasteiger partial charge in [-0.3, -0.25) is 9.80 Å². The lowest BCUT2D eigenvalue weighted by atomic mass is 10.0. The van der Waals surface area contributed by atoms with Gasteiger partial charge in [0.15, 0.2) is 0 Å². The molecule has 9 heteroatoms. The van der Waals surface area contributed by atoms with E-state index in [0.29, 0.717) is 23.2 Å². The number of hydrogen-bond acceptors (Lipinski definition) is 9. The highest BCUT2D eigenvalue weighted by Gasteiger charge is 2.37. The van der Waals surface area contributed by atoms with Crippen LogP contribution in [0, 0.1) is 18.3 Å². The highest BCUT2D eigenvalue weighted by Crippen LogP contribution is 2.33. The lowest BCUT2D eigenvalue weighted by Crippen LogP contribution is -2.65. The van der Waals surface area contributed by atoms with Crippen molar-refractivity contribution in [3.8, 4) is 11.9 Å². The van der Waals surface area contributed by atoms with Crippen molar-refractivity contribution in [3.05, 3.63) is 53.2 Å². The van der Waals surface area contributed by atoms with E-state index in [-0.39, 0.29) is 5.88 Å². The number of aryl methyl sites for hydroxylation is 1. The number of benzene rings is 1. The summed E-state index contributed by atoms with van der Waals surface area (Å²) in [6.07, 6.45) is 0.